The molecule has 10 heteroatoms. The Morgan fingerprint density at radius 1 is 1.03 bits per heavy atom. The van der Waals surface area contributed by atoms with Crippen molar-refractivity contribution >= 4 is 17.2 Å². The average Bonchev–Trinajstić information content (AvgIpc) is 2.98. The largest absolute Gasteiger partial charge is 0.573 e. The number of nitrogens with zero attached hydrogens (tertiary/aromatic N) is 4. The van der Waals surface area contributed by atoms with E-state index >= 15 is 0 Å². The van der Waals surface area contributed by atoms with Crippen molar-refractivity contribution < 1.29 is 17.9 Å². The summed E-state index contributed by atoms with van der Waals surface area (Å²) in [6.07, 6.45) is -0.0600. The van der Waals surface area contributed by atoms with Crippen molar-refractivity contribution in [2.24, 2.45) is 0 Å². The fraction of sp³-hybridized carbons (Fsp3) is 0.105. The van der Waals surface area contributed by atoms with Crippen LogP contribution in [-0.4, -0.2) is 25.5 Å². The molecule has 0 spiro atoms. The second-order valence-corrected chi connectivity index (χ2v) is 6.53. The van der Waals surface area contributed by atoms with Crippen LogP contribution in [0.3, 0.4) is 0 Å². The number of hydrogen-bond donors (Lipinski definition) is 0. The first kappa shape index (κ1) is 19.0. The summed E-state index contributed by atoms with van der Waals surface area (Å²) in [6.45, 7) is 0.159. The standard InChI is InChI=1S/C19H12ClF3N4O2/c20-16-7-8-24-9-14(16)11-27-18(28)26-10-13(3-6-17(26)25-27)12-1-4-15(5-2-12)29-19(21,22)23/h1-10H,11H2. The van der Waals surface area contributed by atoms with Gasteiger partial charge in [-0.05, 0) is 41.5 Å². The molecule has 0 aliphatic rings. The molecule has 0 saturated carbocycles. The van der Waals surface area contributed by atoms with E-state index in [0.717, 1.165) is 0 Å². The maximum atomic E-state index is 12.7. The molecular formula is C19H12ClF3N4O2. The van der Waals surface area contributed by atoms with Crippen LogP contribution in [-0.2, 0) is 6.54 Å². The number of ether oxygens (including phenoxy) is 1. The van der Waals surface area contributed by atoms with Gasteiger partial charge in [0.05, 0.1) is 6.54 Å². The van der Waals surface area contributed by atoms with Crippen LogP contribution in [0.4, 0.5) is 13.2 Å². The summed E-state index contributed by atoms with van der Waals surface area (Å²) in [5.41, 5.74) is 1.96. The lowest BCUT2D eigenvalue weighted by atomic mass is 10.1. The molecule has 1 aromatic carbocycles. The number of rotatable bonds is 4. The van der Waals surface area contributed by atoms with Gasteiger partial charge in [-0.15, -0.1) is 18.3 Å². The number of pyridine rings is 2. The summed E-state index contributed by atoms with van der Waals surface area (Å²) in [7, 11) is 0. The fourth-order valence-corrected chi connectivity index (χ4v) is 2.99. The van der Waals surface area contributed by atoms with Crippen molar-refractivity contribution in [1.29, 1.82) is 0 Å². The molecular weight excluding hydrogens is 409 g/mol. The molecule has 0 bridgehead atoms. The van der Waals surface area contributed by atoms with Gasteiger partial charge in [-0.3, -0.25) is 4.98 Å². The lowest BCUT2D eigenvalue weighted by Crippen LogP contribution is -2.21. The van der Waals surface area contributed by atoms with Crippen molar-refractivity contribution in [1.82, 2.24) is 19.2 Å². The molecule has 3 heterocycles. The van der Waals surface area contributed by atoms with E-state index in [1.165, 1.54) is 33.3 Å². The van der Waals surface area contributed by atoms with Crippen LogP contribution in [0, 0.1) is 0 Å². The first-order valence-corrected chi connectivity index (χ1v) is 8.72. The lowest BCUT2D eigenvalue weighted by molar-refractivity contribution is -0.274. The van der Waals surface area contributed by atoms with Crippen LogP contribution >= 0.6 is 11.6 Å². The predicted octanol–water partition coefficient (Wildman–Crippen LogP) is 4.16. The number of benzene rings is 1. The van der Waals surface area contributed by atoms with E-state index in [-0.39, 0.29) is 18.0 Å². The Hall–Kier alpha value is -3.33. The number of hydrogen-bond acceptors (Lipinski definition) is 4. The van der Waals surface area contributed by atoms with Crippen molar-refractivity contribution in [2.45, 2.75) is 12.9 Å². The summed E-state index contributed by atoms with van der Waals surface area (Å²) in [6, 6.07) is 10.4. The molecule has 0 amide bonds. The molecule has 0 fully saturated rings. The number of fused-ring (bicyclic) bond motifs is 1. The second-order valence-electron chi connectivity index (χ2n) is 6.13. The first-order chi connectivity index (χ1) is 13.8. The van der Waals surface area contributed by atoms with Crippen molar-refractivity contribution in [2.75, 3.05) is 0 Å². The van der Waals surface area contributed by atoms with Crippen molar-refractivity contribution in [3.05, 3.63) is 82.1 Å². The van der Waals surface area contributed by atoms with E-state index in [9.17, 15) is 18.0 Å². The molecule has 0 saturated heterocycles. The normalized spacial score (nSPS) is 11.7. The summed E-state index contributed by atoms with van der Waals surface area (Å²) < 4.78 is 43.4. The van der Waals surface area contributed by atoms with Crippen LogP contribution in [0.15, 0.2) is 65.8 Å². The topological polar surface area (TPSA) is 61.4 Å². The zero-order chi connectivity index (χ0) is 20.6. The number of aromatic nitrogens is 4. The van der Waals surface area contributed by atoms with Gasteiger partial charge in [-0.25, -0.2) is 13.9 Å². The molecule has 4 aromatic rings. The zero-order valence-electron chi connectivity index (χ0n) is 14.6. The van der Waals surface area contributed by atoms with E-state index in [1.54, 1.807) is 36.8 Å². The highest BCUT2D eigenvalue weighted by molar-refractivity contribution is 6.31. The van der Waals surface area contributed by atoms with E-state index < -0.39 is 6.36 Å². The molecule has 0 aliphatic heterocycles. The average molecular weight is 421 g/mol. The molecule has 0 radical (unpaired) electrons. The minimum absolute atomic E-state index is 0.159. The van der Waals surface area contributed by atoms with Gasteiger partial charge in [0.2, 0.25) is 0 Å². The van der Waals surface area contributed by atoms with Gasteiger partial charge in [0.15, 0.2) is 5.65 Å². The molecule has 4 rings (SSSR count). The van der Waals surface area contributed by atoms with Crippen LogP contribution in [0.25, 0.3) is 16.8 Å². The molecule has 0 unspecified atom stereocenters. The monoisotopic (exact) mass is 420 g/mol. The van der Waals surface area contributed by atoms with Gasteiger partial charge in [-0.2, -0.15) is 0 Å². The number of alkyl halides is 3. The van der Waals surface area contributed by atoms with E-state index in [1.807, 2.05) is 0 Å². The summed E-state index contributed by atoms with van der Waals surface area (Å²) >= 11 is 6.11. The van der Waals surface area contributed by atoms with E-state index in [0.29, 0.717) is 27.4 Å². The Labute approximate surface area is 166 Å². The minimum Gasteiger partial charge on any atom is -0.406 e. The van der Waals surface area contributed by atoms with Gasteiger partial charge in [0, 0.05) is 29.2 Å². The van der Waals surface area contributed by atoms with Crippen molar-refractivity contribution in [3.63, 3.8) is 0 Å². The van der Waals surface area contributed by atoms with Crippen LogP contribution < -0.4 is 10.4 Å². The van der Waals surface area contributed by atoms with Gasteiger partial charge < -0.3 is 4.74 Å². The highest BCUT2D eigenvalue weighted by Gasteiger charge is 2.30. The van der Waals surface area contributed by atoms with Crippen LogP contribution in [0.2, 0.25) is 5.02 Å². The molecule has 6 nitrogen and oxygen atoms in total. The van der Waals surface area contributed by atoms with Gasteiger partial charge >= 0.3 is 12.1 Å². The zero-order valence-corrected chi connectivity index (χ0v) is 15.4. The third-order valence-electron chi connectivity index (χ3n) is 4.16. The van der Waals surface area contributed by atoms with Crippen LogP contribution in [0.1, 0.15) is 5.56 Å². The van der Waals surface area contributed by atoms with Crippen molar-refractivity contribution in [3.8, 4) is 16.9 Å². The molecule has 29 heavy (non-hydrogen) atoms. The Balaban J connectivity index is 1.65. The Morgan fingerprint density at radius 3 is 2.45 bits per heavy atom. The maximum Gasteiger partial charge on any atom is 0.573 e. The SMILES string of the molecule is O=c1n(Cc2cnccc2Cl)nc2ccc(-c3ccc(OC(F)(F)F)cc3)cn12. The third-order valence-corrected chi connectivity index (χ3v) is 4.53. The third kappa shape index (κ3) is 4.09. The highest BCUT2D eigenvalue weighted by atomic mass is 35.5. The fourth-order valence-electron chi connectivity index (χ4n) is 2.83. The molecule has 148 valence electrons. The first-order valence-electron chi connectivity index (χ1n) is 8.34. The van der Waals surface area contributed by atoms with E-state index in [2.05, 4.69) is 14.8 Å². The van der Waals surface area contributed by atoms with Gasteiger partial charge in [-0.1, -0.05) is 23.7 Å². The smallest absolute Gasteiger partial charge is 0.406 e. The van der Waals surface area contributed by atoms with Gasteiger partial charge in [0.1, 0.15) is 5.75 Å². The summed E-state index contributed by atoms with van der Waals surface area (Å²) in [5, 5.41) is 4.75. The Bertz CT molecular complexity index is 1230. The second kappa shape index (κ2) is 7.25. The lowest BCUT2D eigenvalue weighted by Gasteiger charge is -2.09. The molecule has 0 atom stereocenters. The molecule has 3 aromatic heterocycles. The molecule has 0 aliphatic carbocycles. The summed E-state index contributed by atoms with van der Waals surface area (Å²) in [4.78, 5) is 16.7. The minimum atomic E-state index is -4.75. The van der Waals surface area contributed by atoms with E-state index in [4.69, 9.17) is 11.6 Å². The molecule has 0 N–H and O–H groups in total. The van der Waals surface area contributed by atoms with Gasteiger partial charge in [0.25, 0.3) is 0 Å². The maximum absolute atomic E-state index is 12.7. The highest BCUT2D eigenvalue weighted by Crippen LogP contribution is 2.26. The van der Waals surface area contributed by atoms with Crippen LogP contribution in [0.5, 0.6) is 5.75 Å². The predicted molar refractivity (Wildman–Crippen MR) is 99.9 cm³/mol. The Kier molecular flexibility index (Phi) is 4.75. The Morgan fingerprint density at radius 2 is 1.76 bits per heavy atom. The quantitative estimate of drug-likeness (QED) is 0.497. The number of halogens is 4. The summed E-state index contributed by atoms with van der Waals surface area (Å²) in [5.74, 6) is -0.319.